The average Bonchev–Trinajstić information content (AvgIpc) is 3.53. The predicted molar refractivity (Wildman–Crippen MR) is 234 cm³/mol. The molecule has 55 heavy (non-hydrogen) atoms. The van der Waals surface area contributed by atoms with E-state index in [-0.39, 0.29) is 6.71 Å². The first-order valence-electron chi connectivity index (χ1n) is 19.0. The average molecular weight is 725 g/mol. The molecule has 0 amide bonds. The molecule has 262 valence electrons. The Bertz CT molecular complexity index is 2970. The van der Waals surface area contributed by atoms with Gasteiger partial charge in [-0.2, -0.15) is 0 Å². The number of fused-ring (bicyclic) bond motifs is 9. The van der Waals surface area contributed by atoms with Gasteiger partial charge in [0.1, 0.15) is 23.0 Å². The van der Waals surface area contributed by atoms with Crippen molar-refractivity contribution >= 4 is 86.0 Å². The third-order valence-corrected chi connectivity index (χ3v) is 13.5. The molecule has 3 heterocycles. The minimum absolute atomic E-state index is 0.0217. The largest absolute Gasteiger partial charge is 0.458 e. The third kappa shape index (κ3) is 4.91. The molecule has 4 nitrogen and oxygen atoms in total. The molecule has 0 bridgehead atoms. The van der Waals surface area contributed by atoms with Crippen molar-refractivity contribution in [1.82, 2.24) is 4.57 Å². The minimum atomic E-state index is -1.49. The Kier molecular flexibility index (Phi) is 6.98. The van der Waals surface area contributed by atoms with Gasteiger partial charge in [0.2, 0.25) is 0 Å². The fourth-order valence-corrected chi connectivity index (χ4v) is 10.1. The van der Waals surface area contributed by atoms with E-state index in [0.29, 0.717) is 0 Å². The molecule has 0 saturated carbocycles. The monoisotopic (exact) mass is 724 g/mol. The maximum Gasteiger partial charge on any atom is 0.260 e. The van der Waals surface area contributed by atoms with Gasteiger partial charge in [0.05, 0.1) is 24.8 Å². The molecule has 6 heteroatoms. The highest BCUT2D eigenvalue weighted by Crippen LogP contribution is 2.46. The highest BCUT2D eigenvalue weighted by Gasteiger charge is 2.40. The van der Waals surface area contributed by atoms with Crippen LogP contribution in [0, 0.1) is 0 Å². The number of aromatic nitrogens is 1. The van der Waals surface area contributed by atoms with Gasteiger partial charge in [0.25, 0.3) is 6.71 Å². The lowest BCUT2D eigenvalue weighted by molar-refractivity contribution is 0.465. The van der Waals surface area contributed by atoms with Gasteiger partial charge in [-0.15, -0.1) is 0 Å². The molecule has 0 fully saturated rings. The van der Waals surface area contributed by atoms with Crippen LogP contribution >= 0.6 is 0 Å². The van der Waals surface area contributed by atoms with Crippen LogP contribution in [0.25, 0.3) is 38.3 Å². The molecular formula is C49H37BN2O2Si. The summed E-state index contributed by atoms with van der Waals surface area (Å²) in [5.41, 5.74) is 10.2. The van der Waals surface area contributed by atoms with E-state index in [2.05, 4.69) is 187 Å². The standard InChI is InChI=1S/C49H37BN2O2Si/c1-55(2,3)35-27-25-34(26-28-35)51(32-15-6-4-7-16-32)42-31-43-48(37-20-11-10-19-36(37)42)38-29-47-40(30-41(38)52(43)33-17-8-5-9-18-33)50-39-21-12-13-22-44(39)53-45-23-14-24-46(54-47)49(45)50/h4-31H,1-3H3. The number of hydrogen-bond donors (Lipinski definition) is 0. The second-order valence-electron chi connectivity index (χ2n) is 15.7. The maximum absolute atomic E-state index is 6.84. The highest BCUT2D eigenvalue weighted by molar-refractivity contribution is 6.98. The number of ether oxygens (including phenoxy) is 2. The molecule has 0 spiro atoms. The third-order valence-electron chi connectivity index (χ3n) is 11.4. The molecule has 0 unspecified atom stereocenters. The molecular weight excluding hydrogens is 687 g/mol. The molecule has 0 saturated heterocycles. The highest BCUT2D eigenvalue weighted by atomic mass is 28.3. The topological polar surface area (TPSA) is 26.6 Å². The van der Waals surface area contributed by atoms with Gasteiger partial charge in [-0.1, -0.05) is 122 Å². The number of nitrogens with zero attached hydrogens (tertiary/aromatic N) is 2. The van der Waals surface area contributed by atoms with E-state index in [0.717, 1.165) is 78.6 Å². The zero-order valence-electron chi connectivity index (χ0n) is 31.0. The van der Waals surface area contributed by atoms with Crippen LogP contribution in [-0.4, -0.2) is 19.4 Å². The molecule has 0 radical (unpaired) electrons. The van der Waals surface area contributed by atoms with E-state index in [1.807, 2.05) is 12.1 Å². The van der Waals surface area contributed by atoms with Crippen LogP contribution < -0.4 is 35.9 Å². The molecule has 9 aromatic rings. The van der Waals surface area contributed by atoms with Crippen molar-refractivity contribution < 1.29 is 9.47 Å². The molecule has 8 aromatic carbocycles. The summed E-state index contributed by atoms with van der Waals surface area (Å²) in [6.45, 7) is 7.19. The van der Waals surface area contributed by atoms with Crippen molar-refractivity contribution in [2.75, 3.05) is 4.90 Å². The Morgan fingerprint density at radius 3 is 1.85 bits per heavy atom. The number of benzene rings is 8. The van der Waals surface area contributed by atoms with Gasteiger partial charge >= 0.3 is 0 Å². The predicted octanol–water partition coefficient (Wildman–Crippen LogP) is 10.7. The normalized spacial score (nSPS) is 12.9. The summed E-state index contributed by atoms with van der Waals surface area (Å²) in [4.78, 5) is 2.42. The summed E-state index contributed by atoms with van der Waals surface area (Å²) in [6.07, 6.45) is 0. The molecule has 1 aromatic heterocycles. The molecule has 0 aliphatic carbocycles. The quantitative estimate of drug-likeness (QED) is 0.165. The lowest BCUT2D eigenvalue weighted by Crippen LogP contribution is -2.57. The van der Waals surface area contributed by atoms with E-state index in [1.165, 1.54) is 21.3 Å². The van der Waals surface area contributed by atoms with Crippen LogP contribution in [-0.2, 0) is 0 Å². The minimum Gasteiger partial charge on any atom is -0.458 e. The first-order chi connectivity index (χ1) is 26.9. The number of rotatable bonds is 5. The Balaban J connectivity index is 1.24. The zero-order chi connectivity index (χ0) is 36.8. The van der Waals surface area contributed by atoms with E-state index in [4.69, 9.17) is 9.47 Å². The first kappa shape index (κ1) is 32.0. The molecule has 0 N–H and O–H groups in total. The van der Waals surface area contributed by atoms with Crippen molar-refractivity contribution in [2.24, 2.45) is 0 Å². The van der Waals surface area contributed by atoms with Gasteiger partial charge < -0.3 is 18.9 Å². The van der Waals surface area contributed by atoms with Gasteiger partial charge in [-0.05, 0) is 89.1 Å². The Morgan fingerprint density at radius 1 is 0.491 bits per heavy atom. The van der Waals surface area contributed by atoms with Crippen LogP contribution in [0.4, 0.5) is 17.1 Å². The van der Waals surface area contributed by atoms with Crippen molar-refractivity contribution in [3.63, 3.8) is 0 Å². The van der Waals surface area contributed by atoms with Gasteiger partial charge in [-0.3, -0.25) is 0 Å². The molecule has 11 rings (SSSR count). The number of anilines is 3. The molecule has 2 aliphatic rings. The van der Waals surface area contributed by atoms with Crippen molar-refractivity contribution in [2.45, 2.75) is 19.6 Å². The van der Waals surface area contributed by atoms with Crippen LogP contribution in [0.2, 0.25) is 19.6 Å². The molecule has 2 aliphatic heterocycles. The smallest absolute Gasteiger partial charge is 0.260 e. The fourth-order valence-electron chi connectivity index (χ4n) is 8.88. The van der Waals surface area contributed by atoms with Crippen molar-refractivity contribution in [1.29, 1.82) is 0 Å². The van der Waals surface area contributed by atoms with Gasteiger partial charge in [0, 0.05) is 38.7 Å². The van der Waals surface area contributed by atoms with Crippen LogP contribution in [0.1, 0.15) is 0 Å². The number of para-hydroxylation sites is 3. The summed E-state index contributed by atoms with van der Waals surface area (Å²) in [5, 5.41) is 6.20. The Hall–Kier alpha value is -6.50. The Labute approximate surface area is 321 Å². The van der Waals surface area contributed by atoms with E-state index >= 15 is 0 Å². The van der Waals surface area contributed by atoms with Crippen molar-refractivity contribution in [3.05, 3.63) is 170 Å². The van der Waals surface area contributed by atoms with Crippen molar-refractivity contribution in [3.8, 4) is 28.7 Å². The van der Waals surface area contributed by atoms with E-state index in [1.54, 1.807) is 0 Å². The summed E-state index contributed by atoms with van der Waals surface area (Å²) in [7, 11) is -1.49. The van der Waals surface area contributed by atoms with E-state index < -0.39 is 8.07 Å². The summed E-state index contributed by atoms with van der Waals surface area (Å²) < 4.78 is 15.7. The lowest BCUT2D eigenvalue weighted by atomic mass is 9.35. The second kappa shape index (κ2) is 12.0. The first-order valence-corrected chi connectivity index (χ1v) is 22.5. The summed E-state index contributed by atoms with van der Waals surface area (Å²) in [6, 6.07) is 61.3. The van der Waals surface area contributed by atoms with Gasteiger partial charge in [-0.25, -0.2) is 0 Å². The van der Waals surface area contributed by atoms with E-state index in [9.17, 15) is 0 Å². The van der Waals surface area contributed by atoms with Crippen LogP contribution in [0.3, 0.4) is 0 Å². The Morgan fingerprint density at radius 2 is 1.11 bits per heavy atom. The van der Waals surface area contributed by atoms with Crippen LogP contribution in [0.5, 0.6) is 23.0 Å². The van der Waals surface area contributed by atoms with Gasteiger partial charge in [0.15, 0.2) is 0 Å². The lowest BCUT2D eigenvalue weighted by Gasteiger charge is -2.32. The maximum atomic E-state index is 6.84. The summed E-state index contributed by atoms with van der Waals surface area (Å²) in [5.74, 6) is 3.47. The SMILES string of the molecule is C[Si](C)(C)c1ccc(N(c2ccccc2)c2cc3c(c4ccccc24)c2cc4c(cc2n3-c2ccccc2)B2c3ccccc3Oc3cccc(c32)O4)cc1. The fraction of sp³-hybridized carbons (Fsp3) is 0.0612. The molecule has 0 atom stereocenters. The zero-order valence-corrected chi connectivity index (χ0v) is 32.0. The second-order valence-corrected chi connectivity index (χ2v) is 20.8. The number of hydrogen-bond acceptors (Lipinski definition) is 3. The van der Waals surface area contributed by atoms with Crippen LogP contribution in [0.15, 0.2) is 170 Å². The summed E-state index contributed by atoms with van der Waals surface area (Å²) >= 11 is 0.